The monoisotopic (exact) mass is 313 g/mol. The van der Waals surface area contributed by atoms with Crippen LogP contribution in [-0.4, -0.2) is 39.9 Å². The Morgan fingerprint density at radius 3 is 2.14 bits per heavy atom. The van der Waals surface area contributed by atoms with Crippen molar-refractivity contribution in [3.63, 3.8) is 0 Å². The Kier molecular flexibility index (Phi) is 4.22. The Balaban J connectivity index is 2.41. The highest BCUT2D eigenvalue weighted by atomic mass is 32.2. The molecule has 0 aliphatic heterocycles. The van der Waals surface area contributed by atoms with Crippen molar-refractivity contribution in [1.29, 1.82) is 0 Å². The highest BCUT2D eigenvalue weighted by Gasteiger charge is 2.19. The van der Waals surface area contributed by atoms with Gasteiger partial charge >= 0.3 is 0 Å². The molecule has 2 N–H and O–H groups in total. The normalized spacial score (nSPS) is 11.0. The van der Waals surface area contributed by atoms with Gasteiger partial charge in [0.2, 0.25) is 5.75 Å². The van der Waals surface area contributed by atoms with E-state index in [1.165, 1.54) is 45.7 Å². The highest BCUT2D eigenvalue weighted by molar-refractivity contribution is 7.92. The lowest BCUT2D eigenvalue weighted by Gasteiger charge is -2.14. The van der Waals surface area contributed by atoms with Crippen molar-refractivity contribution in [2.45, 2.75) is 5.03 Å². The molecule has 0 saturated carbocycles. The molecule has 0 spiro atoms. The first-order chi connectivity index (χ1) is 10.0. The van der Waals surface area contributed by atoms with E-state index in [1.807, 2.05) is 0 Å². The Morgan fingerprint density at radius 2 is 1.71 bits per heavy atom. The Bertz CT molecular complexity index is 687. The maximum atomic E-state index is 12.1. The minimum absolute atomic E-state index is 0.0451. The van der Waals surface area contributed by atoms with Crippen molar-refractivity contribution in [3.05, 3.63) is 24.4 Å². The van der Waals surface area contributed by atoms with Crippen molar-refractivity contribution in [2.24, 2.45) is 0 Å². The van der Waals surface area contributed by atoms with Crippen LogP contribution in [0.4, 0.5) is 5.69 Å². The smallest absolute Gasteiger partial charge is 0.278 e. The van der Waals surface area contributed by atoms with Gasteiger partial charge in [-0.1, -0.05) is 0 Å². The van der Waals surface area contributed by atoms with Crippen molar-refractivity contribution in [1.82, 2.24) is 10.2 Å². The molecule has 0 unspecified atom stereocenters. The number of hydrogen-bond donors (Lipinski definition) is 2. The zero-order valence-electron chi connectivity index (χ0n) is 11.7. The van der Waals surface area contributed by atoms with Gasteiger partial charge in [0.25, 0.3) is 10.0 Å². The fourth-order valence-corrected chi connectivity index (χ4v) is 2.69. The van der Waals surface area contributed by atoms with Crippen LogP contribution in [0.3, 0.4) is 0 Å². The predicted molar refractivity (Wildman–Crippen MR) is 75.5 cm³/mol. The summed E-state index contributed by atoms with van der Waals surface area (Å²) < 4.78 is 42.2. The molecular weight excluding hydrogens is 298 g/mol. The highest BCUT2D eigenvalue weighted by Crippen LogP contribution is 2.40. The SMILES string of the molecule is COc1cc(NS(=O)(=O)c2ccn[nH]2)cc(OC)c1OC. The molecule has 0 amide bonds. The quantitative estimate of drug-likeness (QED) is 0.831. The van der Waals surface area contributed by atoms with Gasteiger partial charge in [0.1, 0.15) is 0 Å². The molecule has 0 aliphatic rings. The van der Waals surface area contributed by atoms with E-state index >= 15 is 0 Å². The fraction of sp³-hybridized carbons (Fsp3) is 0.250. The zero-order chi connectivity index (χ0) is 15.5. The molecule has 8 nitrogen and oxygen atoms in total. The summed E-state index contributed by atoms with van der Waals surface area (Å²) in [6.07, 6.45) is 1.35. The molecule has 21 heavy (non-hydrogen) atoms. The van der Waals surface area contributed by atoms with E-state index in [4.69, 9.17) is 14.2 Å². The summed E-state index contributed by atoms with van der Waals surface area (Å²) in [5, 5.41) is 5.96. The minimum Gasteiger partial charge on any atom is -0.493 e. The molecule has 0 bridgehead atoms. The molecule has 0 saturated heterocycles. The number of ether oxygens (including phenoxy) is 3. The number of nitrogens with zero attached hydrogens (tertiary/aromatic N) is 1. The molecule has 0 atom stereocenters. The first kappa shape index (κ1) is 15.0. The van der Waals surface area contributed by atoms with Gasteiger partial charge in [-0.25, -0.2) is 0 Å². The van der Waals surface area contributed by atoms with Crippen molar-refractivity contribution in [3.8, 4) is 17.2 Å². The summed E-state index contributed by atoms with van der Waals surface area (Å²) in [6, 6.07) is 4.34. The van der Waals surface area contributed by atoms with Crippen LogP contribution < -0.4 is 18.9 Å². The maximum absolute atomic E-state index is 12.1. The number of anilines is 1. The van der Waals surface area contributed by atoms with Crippen LogP contribution in [0.1, 0.15) is 0 Å². The first-order valence-electron chi connectivity index (χ1n) is 5.84. The van der Waals surface area contributed by atoms with E-state index < -0.39 is 10.0 Å². The molecule has 1 aromatic carbocycles. The summed E-state index contributed by atoms with van der Waals surface area (Å²) in [5.41, 5.74) is 0.277. The van der Waals surface area contributed by atoms with Gasteiger partial charge in [0.05, 0.1) is 33.2 Å². The van der Waals surface area contributed by atoms with Crippen LogP contribution in [0.15, 0.2) is 29.4 Å². The van der Waals surface area contributed by atoms with Crippen LogP contribution in [-0.2, 0) is 10.0 Å². The number of nitrogens with one attached hydrogen (secondary N) is 2. The number of methoxy groups -OCH3 is 3. The second-order valence-corrected chi connectivity index (χ2v) is 5.59. The first-order valence-corrected chi connectivity index (χ1v) is 7.32. The van der Waals surface area contributed by atoms with Crippen LogP contribution in [0.25, 0.3) is 0 Å². The van der Waals surface area contributed by atoms with Crippen molar-refractivity contribution in [2.75, 3.05) is 26.1 Å². The number of H-pyrrole nitrogens is 1. The van der Waals surface area contributed by atoms with Crippen LogP contribution in [0.5, 0.6) is 17.2 Å². The zero-order valence-corrected chi connectivity index (χ0v) is 12.5. The van der Waals surface area contributed by atoms with Crippen LogP contribution in [0, 0.1) is 0 Å². The number of sulfonamides is 1. The average Bonchev–Trinajstić information content (AvgIpc) is 3.00. The Morgan fingerprint density at radius 1 is 1.10 bits per heavy atom. The van der Waals surface area contributed by atoms with E-state index in [2.05, 4.69) is 14.9 Å². The van der Waals surface area contributed by atoms with Gasteiger partial charge in [-0.15, -0.1) is 0 Å². The van der Waals surface area contributed by atoms with Gasteiger partial charge in [-0.05, 0) is 6.07 Å². The van der Waals surface area contributed by atoms with E-state index in [-0.39, 0.29) is 10.7 Å². The molecule has 1 heterocycles. The Labute approximate surface area is 122 Å². The number of hydrogen-bond acceptors (Lipinski definition) is 6. The largest absolute Gasteiger partial charge is 0.493 e. The molecule has 114 valence electrons. The summed E-state index contributed by atoms with van der Waals surface area (Å²) in [5.74, 6) is 1.07. The summed E-state index contributed by atoms with van der Waals surface area (Å²) in [6.45, 7) is 0. The molecule has 2 rings (SSSR count). The molecule has 0 fully saturated rings. The maximum Gasteiger partial charge on any atom is 0.278 e. The number of benzene rings is 1. The fourth-order valence-electron chi connectivity index (χ4n) is 1.74. The number of rotatable bonds is 6. The molecule has 9 heteroatoms. The number of aromatic nitrogens is 2. The lowest BCUT2D eigenvalue weighted by atomic mass is 10.2. The van der Waals surface area contributed by atoms with E-state index in [0.717, 1.165) is 0 Å². The topological polar surface area (TPSA) is 103 Å². The molecule has 2 aromatic rings. The molecular formula is C12H15N3O5S. The van der Waals surface area contributed by atoms with E-state index in [1.54, 1.807) is 0 Å². The van der Waals surface area contributed by atoms with Gasteiger partial charge < -0.3 is 14.2 Å². The van der Waals surface area contributed by atoms with Crippen LogP contribution >= 0.6 is 0 Å². The molecule has 1 aromatic heterocycles. The lowest BCUT2D eigenvalue weighted by Crippen LogP contribution is -2.13. The second-order valence-electron chi connectivity index (χ2n) is 3.94. The molecule has 0 radical (unpaired) electrons. The van der Waals surface area contributed by atoms with Gasteiger partial charge in [0, 0.05) is 12.1 Å². The van der Waals surface area contributed by atoms with E-state index in [0.29, 0.717) is 17.2 Å². The van der Waals surface area contributed by atoms with Gasteiger partial charge in [-0.3, -0.25) is 9.82 Å². The summed E-state index contributed by atoms with van der Waals surface area (Å²) >= 11 is 0. The second kappa shape index (κ2) is 5.92. The Hall–Kier alpha value is -2.42. The van der Waals surface area contributed by atoms with Gasteiger partial charge in [-0.2, -0.15) is 13.5 Å². The third-order valence-electron chi connectivity index (χ3n) is 2.68. The third kappa shape index (κ3) is 3.02. The van der Waals surface area contributed by atoms with Crippen LogP contribution in [0.2, 0.25) is 0 Å². The summed E-state index contributed by atoms with van der Waals surface area (Å²) in [7, 11) is 0.605. The van der Waals surface area contributed by atoms with Crippen molar-refractivity contribution >= 4 is 15.7 Å². The third-order valence-corrected chi connectivity index (χ3v) is 3.99. The molecule has 0 aliphatic carbocycles. The average molecular weight is 313 g/mol. The lowest BCUT2D eigenvalue weighted by molar-refractivity contribution is 0.324. The van der Waals surface area contributed by atoms with Crippen molar-refractivity contribution < 1.29 is 22.6 Å². The van der Waals surface area contributed by atoms with Gasteiger partial charge in [0.15, 0.2) is 16.5 Å². The standard InChI is InChI=1S/C12H15N3O5S/c1-18-9-6-8(7-10(19-2)12(9)20-3)15-21(16,17)11-4-5-13-14-11/h4-7,15H,1-3H3,(H,13,14). The minimum atomic E-state index is -3.76. The summed E-state index contributed by atoms with van der Waals surface area (Å²) in [4.78, 5) is 0. The number of aromatic amines is 1. The predicted octanol–water partition coefficient (Wildman–Crippen LogP) is 1.24. The van der Waals surface area contributed by atoms with E-state index in [9.17, 15) is 8.42 Å².